The Labute approximate surface area is 125 Å². The van der Waals surface area contributed by atoms with Crippen molar-refractivity contribution in [2.75, 3.05) is 0 Å². The maximum absolute atomic E-state index is 12.0. The van der Waals surface area contributed by atoms with Crippen LogP contribution in [0.4, 0.5) is 0 Å². The van der Waals surface area contributed by atoms with E-state index in [1.807, 2.05) is 17.5 Å². The molecule has 1 saturated carbocycles. The standard InChI is InChI=1S/C14H17N3O3S/c18-12(15-10-5-2-1-3-6-10)9-17-14(19)20-13(16-17)11-7-4-8-21-11/h4,7-8,10H,1-3,5-6,9H2,(H,15,18). The summed E-state index contributed by atoms with van der Waals surface area (Å²) in [6.07, 6.45) is 5.56. The number of nitrogens with one attached hydrogen (secondary N) is 1. The van der Waals surface area contributed by atoms with E-state index in [9.17, 15) is 9.59 Å². The Morgan fingerprint density at radius 3 is 2.95 bits per heavy atom. The number of thiophene rings is 1. The topological polar surface area (TPSA) is 77.1 Å². The van der Waals surface area contributed by atoms with Gasteiger partial charge < -0.3 is 9.73 Å². The van der Waals surface area contributed by atoms with Crippen LogP contribution in [-0.2, 0) is 11.3 Å². The van der Waals surface area contributed by atoms with Gasteiger partial charge in [-0.1, -0.05) is 25.3 Å². The van der Waals surface area contributed by atoms with E-state index in [1.54, 1.807) is 0 Å². The average molecular weight is 307 g/mol. The Morgan fingerprint density at radius 2 is 2.24 bits per heavy atom. The first-order valence-corrected chi connectivity index (χ1v) is 8.01. The third-order valence-electron chi connectivity index (χ3n) is 3.60. The molecule has 2 aromatic heterocycles. The Bertz CT molecular complexity index is 653. The van der Waals surface area contributed by atoms with Gasteiger partial charge in [0, 0.05) is 6.04 Å². The van der Waals surface area contributed by atoms with Crippen molar-refractivity contribution in [1.29, 1.82) is 0 Å². The lowest BCUT2D eigenvalue weighted by molar-refractivity contribution is -0.122. The van der Waals surface area contributed by atoms with E-state index in [2.05, 4.69) is 10.4 Å². The zero-order chi connectivity index (χ0) is 14.7. The molecule has 1 N–H and O–H groups in total. The number of hydrogen-bond acceptors (Lipinski definition) is 5. The van der Waals surface area contributed by atoms with Gasteiger partial charge in [-0.15, -0.1) is 16.4 Å². The molecule has 0 unspecified atom stereocenters. The molecule has 0 atom stereocenters. The van der Waals surface area contributed by atoms with Crippen LogP contribution >= 0.6 is 11.3 Å². The summed E-state index contributed by atoms with van der Waals surface area (Å²) in [6.45, 7) is -0.0930. The summed E-state index contributed by atoms with van der Waals surface area (Å²) in [4.78, 5) is 24.5. The smallest absolute Gasteiger partial charge is 0.387 e. The maximum atomic E-state index is 12.0. The third kappa shape index (κ3) is 3.41. The van der Waals surface area contributed by atoms with E-state index in [-0.39, 0.29) is 24.4 Å². The molecule has 2 aromatic rings. The van der Waals surface area contributed by atoms with Gasteiger partial charge in [-0.3, -0.25) is 4.79 Å². The predicted octanol–water partition coefficient (Wildman–Crippen LogP) is 2.01. The van der Waals surface area contributed by atoms with Crippen LogP contribution < -0.4 is 11.1 Å². The van der Waals surface area contributed by atoms with Crippen LogP contribution in [0.25, 0.3) is 10.8 Å². The molecule has 1 aliphatic carbocycles. The van der Waals surface area contributed by atoms with Crippen LogP contribution in [0.5, 0.6) is 0 Å². The lowest BCUT2D eigenvalue weighted by Crippen LogP contribution is -2.39. The van der Waals surface area contributed by atoms with Crippen molar-refractivity contribution in [2.24, 2.45) is 0 Å². The van der Waals surface area contributed by atoms with Gasteiger partial charge in [-0.2, -0.15) is 4.68 Å². The van der Waals surface area contributed by atoms with E-state index in [1.165, 1.54) is 17.8 Å². The molecule has 7 heteroatoms. The van der Waals surface area contributed by atoms with Crippen LogP contribution in [0.15, 0.2) is 26.7 Å². The Kier molecular flexibility index (Phi) is 4.19. The quantitative estimate of drug-likeness (QED) is 0.937. The first-order valence-electron chi connectivity index (χ1n) is 7.13. The normalized spacial score (nSPS) is 16.0. The molecule has 112 valence electrons. The molecule has 0 spiro atoms. The second kappa shape index (κ2) is 6.26. The number of nitrogens with zero attached hydrogens (tertiary/aromatic N) is 2. The van der Waals surface area contributed by atoms with E-state index in [4.69, 9.17) is 4.42 Å². The van der Waals surface area contributed by atoms with Crippen molar-refractivity contribution < 1.29 is 9.21 Å². The predicted molar refractivity (Wildman–Crippen MR) is 79.1 cm³/mol. The average Bonchev–Trinajstić information content (AvgIpc) is 3.10. The summed E-state index contributed by atoms with van der Waals surface area (Å²) in [5.74, 6) is -0.521. The summed E-state index contributed by atoms with van der Waals surface area (Å²) in [5.41, 5.74) is 0. The van der Waals surface area contributed by atoms with Crippen LogP contribution in [0, 0.1) is 0 Å². The molecule has 21 heavy (non-hydrogen) atoms. The molecule has 6 nitrogen and oxygen atoms in total. The van der Waals surface area contributed by atoms with Crippen molar-refractivity contribution in [3.8, 4) is 10.8 Å². The monoisotopic (exact) mass is 307 g/mol. The summed E-state index contributed by atoms with van der Waals surface area (Å²) < 4.78 is 6.15. The number of aromatic nitrogens is 2. The lowest BCUT2D eigenvalue weighted by atomic mass is 9.95. The molecule has 0 bridgehead atoms. The highest BCUT2D eigenvalue weighted by molar-refractivity contribution is 7.13. The van der Waals surface area contributed by atoms with Crippen molar-refractivity contribution in [1.82, 2.24) is 15.1 Å². The fourth-order valence-corrected chi connectivity index (χ4v) is 3.21. The minimum absolute atomic E-state index is 0.0930. The minimum Gasteiger partial charge on any atom is -0.387 e. The van der Waals surface area contributed by atoms with Crippen molar-refractivity contribution in [2.45, 2.75) is 44.7 Å². The second-order valence-corrected chi connectivity index (χ2v) is 6.16. The van der Waals surface area contributed by atoms with Gasteiger partial charge in [0.1, 0.15) is 6.54 Å². The lowest BCUT2D eigenvalue weighted by Gasteiger charge is -2.22. The summed E-state index contributed by atoms with van der Waals surface area (Å²) in [6, 6.07) is 3.91. The van der Waals surface area contributed by atoms with Gasteiger partial charge in [-0.25, -0.2) is 4.79 Å². The van der Waals surface area contributed by atoms with Crippen molar-refractivity contribution in [3.05, 3.63) is 28.1 Å². The number of amides is 1. The van der Waals surface area contributed by atoms with Gasteiger partial charge in [-0.05, 0) is 24.3 Å². The van der Waals surface area contributed by atoms with Gasteiger partial charge in [0.15, 0.2) is 0 Å². The first kappa shape index (κ1) is 14.1. The number of rotatable bonds is 4. The molecule has 1 amide bonds. The molecular weight excluding hydrogens is 290 g/mol. The van der Waals surface area contributed by atoms with Gasteiger partial charge in [0.05, 0.1) is 4.88 Å². The minimum atomic E-state index is -0.600. The van der Waals surface area contributed by atoms with Crippen LogP contribution in [0.3, 0.4) is 0 Å². The molecule has 1 fully saturated rings. The zero-order valence-corrected chi connectivity index (χ0v) is 12.4. The van der Waals surface area contributed by atoms with Crippen molar-refractivity contribution >= 4 is 17.2 Å². The molecule has 0 radical (unpaired) electrons. The molecule has 3 rings (SSSR count). The van der Waals surface area contributed by atoms with Crippen LogP contribution in [0.1, 0.15) is 32.1 Å². The van der Waals surface area contributed by atoms with E-state index in [0.29, 0.717) is 0 Å². The summed E-state index contributed by atoms with van der Waals surface area (Å²) in [7, 11) is 0. The molecule has 1 aliphatic rings. The fourth-order valence-electron chi connectivity index (χ4n) is 2.56. The zero-order valence-electron chi connectivity index (χ0n) is 11.6. The molecule has 0 aromatic carbocycles. The van der Waals surface area contributed by atoms with E-state index in [0.717, 1.165) is 35.2 Å². The number of carbonyl (C=O) groups is 1. The van der Waals surface area contributed by atoms with Gasteiger partial charge in [0.25, 0.3) is 5.89 Å². The van der Waals surface area contributed by atoms with E-state index < -0.39 is 5.76 Å². The largest absolute Gasteiger partial charge is 0.437 e. The Morgan fingerprint density at radius 1 is 1.43 bits per heavy atom. The highest BCUT2D eigenvalue weighted by Crippen LogP contribution is 2.21. The Hall–Kier alpha value is -1.89. The number of carbonyl (C=O) groups excluding carboxylic acids is 1. The Balaban J connectivity index is 1.64. The molecule has 2 heterocycles. The molecule has 0 saturated heterocycles. The van der Waals surface area contributed by atoms with Gasteiger partial charge >= 0.3 is 5.76 Å². The highest BCUT2D eigenvalue weighted by Gasteiger charge is 2.18. The molecular formula is C14H17N3O3S. The highest BCUT2D eigenvalue weighted by atomic mass is 32.1. The summed E-state index contributed by atoms with van der Waals surface area (Å²) >= 11 is 1.44. The fraction of sp³-hybridized carbons (Fsp3) is 0.500. The van der Waals surface area contributed by atoms with Gasteiger partial charge in [0.2, 0.25) is 5.91 Å². The van der Waals surface area contributed by atoms with Crippen LogP contribution in [-0.4, -0.2) is 21.7 Å². The summed E-state index contributed by atoms with van der Waals surface area (Å²) in [5, 5.41) is 8.91. The first-order chi connectivity index (χ1) is 10.2. The SMILES string of the molecule is O=C(Cn1nc(-c2cccs2)oc1=O)NC1CCCCC1. The van der Waals surface area contributed by atoms with Crippen LogP contribution in [0.2, 0.25) is 0 Å². The molecule has 0 aliphatic heterocycles. The second-order valence-electron chi connectivity index (χ2n) is 5.21. The number of hydrogen-bond donors (Lipinski definition) is 1. The third-order valence-corrected chi connectivity index (χ3v) is 4.46. The van der Waals surface area contributed by atoms with Crippen molar-refractivity contribution in [3.63, 3.8) is 0 Å². The van der Waals surface area contributed by atoms with E-state index >= 15 is 0 Å². The maximum Gasteiger partial charge on any atom is 0.437 e.